The minimum Gasteiger partial charge on any atom is -0.479 e. The first-order valence-corrected chi connectivity index (χ1v) is 4.43. The molecule has 0 aromatic heterocycles. The number of hydrogen-bond donors (Lipinski definition) is 5. The average molecular weight is 233 g/mol. The molecule has 8 heteroatoms. The molecule has 0 bridgehead atoms. The first kappa shape index (κ1) is 14.2. The van der Waals surface area contributed by atoms with E-state index in [0.717, 1.165) is 0 Å². The van der Waals surface area contributed by atoms with Gasteiger partial charge in [0, 0.05) is 0 Å². The summed E-state index contributed by atoms with van der Waals surface area (Å²) in [6.45, 7) is 2.32. The van der Waals surface area contributed by atoms with E-state index in [0.29, 0.717) is 0 Å². The molecule has 92 valence electrons. The molecule has 0 aliphatic heterocycles. The number of carbonyl (C=O) groups is 3. The van der Waals surface area contributed by atoms with Crippen LogP contribution in [-0.4, -0.2) is 46.3 Å². The molecule has 0 heterocycles. The fourth-order valence-corrected chi connectivity index (χ4v) is 0.666. The van der Waals surface area contributed by atoms with E-state index in [1.165, 1.54) is 13.8 Å². The van der Waals surface area contributed by atoms with Crippen LogP contribution >= 0.6 is 0 Å². The van der Waals surface area contributed by atoms with Gasteiger partial charge in [-0.3, -0.25) is 4.79 Å². The number of nitrogens with two attached hydrogens (primary N) is 1. The van der Waals surface area contributed by atoms with Crippen molar-refractivity contribution in [1.29, 1.82) is 0 Å². The Balaban J connectivity index is 4.11. The highest BCUT2D eigenvalue weighted by atomic mass is 16.4. The molecular formula is C8H15N3O5. The van der Waals surface area contributed by atoms with Crippen LogP contribution in [0.2, 0.25) is 0 Å². The largest absolute Gasteiger partial charge is 0.479 e. The molecular weight excluding hydrogens is 218 g/mol. The SMILES string of the molecule is CC(C)(NC(=O)NCC(O)C(=O)O)C(N)=O. The molecule has 0 aliphatic carbocycles. The summed E-state index contributed by atoms with van der Waals surface area (Å²) < 4.78 is 0. The highest BCUT2D eigenvalue weighted by Gasteiger charge is 2.27. The van der Waals surface area contributed by atoms with Crippen LogP contribution in [-0.2, 0) is 9.59 Å². The van der Waals surface area contributed by atoms with Crippen molar-refractivity contribution in [3.63, 3.8) is 0 Å². The minimum absolute atomic E-state index is 0.462. The average Bonchev–Trinajstić information content (AvgIpc) is 2.12. The summed E-state index contributed by atoms with van der Waals surface area (Å²) in [5.41, 5.74) is 3.75. The Morgan fingerprint density at radius 2 is 1.88 bits per heavy atom. The van der Waals surface area contributed by atoms with Gasteiger partial charge in [-0.25, -0.2) is 9.59 Å². The van der Waals surface area contributed by atoms with Crippen molar-refractivity contribution in [2.45, 2.75) is 25.5 Å². The van der Waals surface area contributed by atoms with Crippen LogP contribution in [0, 0.1) is 0 Å². The van der Waals surface area contributed by atoms with Gasteiger partial charge in [0.2, 0.25) is 5.91 Å². The minimum atomic E-state index is -1.69. The molecule has 16 heavy (non-hydrogen) atoms. The van der Waals surface area contributed by atoms with E-state index >= 15 is 0 Å². The monoisotopic (exact) mass is 233 g/mol. The Kier molecular flexibility index (Phi) is 4.70. The number of rotatable bonds is 5. The Labute approximate surface area is 91.8 Å². The predicted molar refractivity (Wildman–Crippen MR) is 53.5 cm³/mol. The fraction of sp³-hybridized carbons (Fsp3) is 0.625. The quantitative estimate of drug-likeness (QED) is 0.373. The van der Waals surface area contributed by atoms with Gasteiger partial charge in [0.05, 0.1) is 6.54 Å². The highest BCUT2D eigenvalue weighted by Crippen LogP contribution is 1.99. The van der Waals surface area contributed by atoms with Gasteiger partial charge in [0.1, 0.15) is 5.54 Å². The number of hydrogen-bond acceptors (Lipinski definition) is 4. The standard InChI is InChI=1S/C8H15N3O5/c1-8(2,6(9)15)11-7(16)10-3-4(12)5(13)14/h4,12H,3H2,1-2H3,(H2,9,15)(H,13,14)(H2,10,11,16). The van der Waals surface area contributed by atoms with Crippen LogP contribution in [0.1, 0.15) is 13.8 Å². The van der Waals surface area contributed by atoms with Crippen molar-refractivity contribution >= 4 is 17.9 Å². The Hall–Kier alpha value is -1.83. The van der Waals surface area contributed by atoms with Crippen LogP contribution in [0.3, 0.4) is 0 Å². The number of carboxylic acids is 1. The molecule has 0 aromatic rings. The van der Waals surface area contributed by atoms with Crippen LogP contribution in [0.4, 0.5) is 4.79 Å². The first-order valence-electron chi connectivity index (χ1n) is 4.43. The van der Waals surface area contributed by atoms with Crippen LogP contribution in [0.5, 0.6) is 0 Å². The van der Waals surface area contributed by atoms with Gasteiger partial charge < -0.3 is 26.6 Å². The van der Waals surface area contributed by atoms with E-state index in [1.807, 2.05) is 0 Å². The maximum absolute atomic E-state index is 11.2. The topological polar surface area (TPSA) is 142 Å². The zero-order chi connectivity index (χ0) is 12.9. The summed E-state index contributed by atoms with van der Waals surface area (Å²) in [6.07, 6.45) is -1.69. The zero-order valence-corrected chi connectivity index (χ0v) is 8.98. The van der Waals surface area contributed by atoms with E-state index in [-0.39, 0.29) is 0 Å². The van der Waals surface area contributed by atoms with Crippen molar-refractivity contribution in [3.8, 4) is 0 Å². The van der Waals surface area contributed by atoms with Gasteiger partial charge in [-0.05, 0) is 13.8 Å². The molecule has 0 aliphatic rings. The van der Waals surface area contributed by atoms with Gasteiger partial charge in [-0.2, -0.15) is 0 Å². The third kappa shape index (κ3) is 4.60. The summed E-state index contributed by atoms with van der Waals surface area (Å²) in [4.78, 5) is 32.2. The lowest BCUT2D eigenvalue weighted by Crippen LogP contribution is -2.56. The Bertz CT molecular complexity index is 302. The van der Waals surface area contributed by atoms with Crippen LogP contribution in [0.15, 0.2) is 0 Å². The summed E-state index contributed by atoms with van der Waals surface area (Å²) in [6, 6.07) is -0.788. The molecule has 0 saturated carbocycles. The van der Waals surface area contributed by atoms with Crippen molar-refractivity contribution in [1.82, 2.24) is 10.6 Å². The van der Waals surface area contributed by atoms with E-state index < -0.39 is 36.1 Å². The molecule has 6 N–H and O–H groups in total. The number of carbonyl (C=O) groups excluding carboxylic acids is 2. The third-order valence-electron chi connectivity index (χ3n) is 1.78. The molecule has 0 aromatic carbocycles. The maximum Gasteiger partial charge on any atom is 0.334 e. The molecule has 3 amide bonds. The number of primary amides is 1. The van der Waals surface area contributed by atoms with E-state index in [4.69, 9.17) is 15.9 Å². The fourth-order valence-electron chi connectivity index (χ4n) is 0.666. The first-order chi connectivity index (χ1) is 7.16. The number of carboxylic acid groups (broad SMARTS) is 1. The van der Waals surface area contributed by atoms with E-state index in [2.05, 4.69) is 10.6 Å². The summed E-state index contributed by atoms with van der Waals surface area (Å²) in [7, 11) is 0. The second kappa shape index (κ2) is 5.31. The van der Waals surface area contributed by atoms with Crippen molar-refractivity contribution in [3.05, 3.63) is 0 Å². The lowest BCUT2D eigenvalue weighted by Gasteiger charge is -2.22. The summed E-state index contributed by atoms with van der Waals surface area (Å²) in [5.74, 6) is -2.18. The highest BCUT2D eigenvalue weighted by molar-refractivity contribution is 5.89. The molecule has 8 nitrogen and oxygen atoms in total. The van der Waals surface area contributed by atoms with Gasteiger partial charge in [-0.15, -0.1) is 0 Å². The Morgan fingerprint density at radius 3 is 2.25 bits per heavy atom. The normalized spacial score (nSPS) is 12.7. The van der Waals surface area contributed by atoms with E-state index in [1.54, 1.807) is 0 Å². The van der Waals surface area contributed by atoms with Gasteiger partial charge >= 0.3 is 12.0 Å². The van der Waals surface area contributed by atoms with Crippen LogP contribution in [0.25, 0.3) is 0 Å². The number of aliphatic carboxylic acids is 1. The third-order valence-corrected chi connectivity index (χ3v) is 1.78. The number of aliphatic hydroxyl groups is 1. The molecule has 0 fully saturated rings. The molecule has 1 atom stereocenters. The summed E-state index contributed by atoms with van der Waals surface area (Å²) in [5, 5.41) is 21.5. The number of aliphatic hydroxyl groups excluding tert-OH is 1. The van der Waals surface area contributed by atoms with Crippen molar-refractivity contribution in [2.24, 2.45) is 5.73 Å². The van der Waals surface area contributed by atoms with Gasteiger partial charge in [-0.1, -0.05) is 0 Å². The van der Waals surface area contributed by atoms with Crippen molar-refractivity contribution in [2.75, 3.05) is 6.54 Å². The number of urea groups is 1. The van der Waals surface area contributed by atoms with Crippen molar-refractivity contribution < 1.29 is 24.6 Å². The van der Waals surface area contributed by atoms with E-state index in [9.17, 15) is 14.4 Å². The zero-order valence-electron chi connectivity index (χ0n) is 8.98. The molecule has 0 spiro atoms. The molecule has 0 radical (unpaired) electrons. The lowest BCUT2D eigenvalue weighted by molar-refractivity contribution is -0.146. The predicted octanol–water partition coefficient (Wildman–Crippen LogP) is -2.00. The van der Waals surface area contributed by atoms with Crippen LogP contribution < -0.4 is 16.4 Å². The van der Waals surface area contributed by atoms with Gasteiger partial charge in [0.25, 0.3) is 0 Å². The smallest absolute Gasteiger partial charge is 0.334 e. The van der Waals surface area contributed by atoms with Gasteiger partial charge in [0.15, 0.2) is 6.10 Å². The Morgan fingerprint density at radius 1 is 1.38 bits per heavy atom. The molecule has 1 unspecified atom stereocenters. The number of amides is 3. The summed E-state index contributed by atoms with van der Waals surface area (Å²) >= 11 is 0. The maximum atomic E-state index is 11.2. The second-order valence-corrected chi connectivity index (χ2v) is 3.68. The molecule has 0 saturated heterocycles. The molecule has 0 rings (SSSR count). The second-order valence-electron chi connectivity index (χ2n) is 3.68. The lowest BCUT2D eigenvalue weighted by atomic mass is 10.1. The number of nitrogens with one attached hydrogen (secondary N) is 2.